The Morgan fingerprint density at radius 1 is 1.35 bits per heavy atom. The third-order valence-electron chi connectivity index (χ3n) is 3.90. The molecule has 0 aromatic heterocycles. The molecule has 0 aromatic rings. The summed E-state index contributed by atoms with van der Waals surface area (Å²) in [4.78, 5) is 18.7. The van der Waals surface area contributed by atoms with Crippen LogP contribution in [0.25, 0.3) is 0 Å². The zero-order chi connectivity index (χ0) is 19.4. The molecule has 1 aliphatic heterocycles. The molecule has 152 valence electrons. The first-order chi connectivity index (χ1) is 12.3. The van der Waals surface area contributed by atoms with E-state index >= 15 is 0 Å². The number of nitrogens with zero attached hydrogens (tertiary/aromatic N) is 2. The lowest BCUT2D eigenvalue weighted by atomic mass is 10.1. The second-order valence-corrected chi connectivity index (χ2v) is 7.59. The number of alkyl carbamates (subject to hydrolysis) is 1. The molecule has 0 saturated carbocycles. The second kappa shape index (κ2) is 12.0. The van der Waals surface area contributed by atoms with Gasteiger partial charge >= 0.3 is 6.09 Å². The number of aliphatic imine (C=N–C) groups is 1. The van der Waals surface area contributed by atoms with Crippen molar-refractivity contribution in [3.63, 3.8) is 0 Å². The highest BCUT2D eigenvalue weighted by molar-refractivity contribution is 5.77. The van der Waals surface area contributed by atoms with Crippen molar-refractivity contribution in [3.8, 4) is 0 Å². The predicted molar refractivity (Wildman–Crippen MR) is 104 cm³/mol. The minimum Gasteiger partial charge on any atom is -0.444 e. The van der Waals surface area contributed by atoms with Gasteiger partial charge in [-0.25, -0.2) is 4.79 Å². The van der Waals surface area contributed by atoms with Gasteiger partial charge in [-0.05, 0) is 40.2 Å². The Kier molecular flexibility index (Phi) is 10.3. The maximum absolute atomic E-state index is 11.9. The van der Waals surface area contributed by atoms with Gasteiger partial charge < -0.3 is 25.8 Å². The van der Waals surface area contributed by atoms with Crippen LogP contribution in [0.4, 0.5) is 4.79 Å². The van der Waals surface area contributed by atoms with Gasteiger partial charge in [0.05, 0.1) is 25.8 Å². The van der Waals surface area contributed by atoms with Crippen LogP contribution in [0, 0.1) is 0 Å². The van der Waals surface area contributed by atoms with Gasteiger partial charge in [-0.3, -0.25) is 9.89 Å². The van der Waals surface area contributed by atoms with E-state index < -0.39 is 11.7 Å². The molecule has 26 heavy (non-hydrogen) atoms. The Morgan fingerprint density at radius 2 is 2.04 bits per heavy atom. The molecule has 8 nitrogen and oxygen atoms in total. The van der Waals surface area contributed by atoms with E-state index in [-0.39, 0.29) is 6.04 Å². The fourth-order valence-electron chi connectivity index (χ4n) is 2.64. The molecule has 1 aliphatic rings. The van der Waals surface area contributed by atoms with Gasteiger partial charge in [-0.1, -0.05) is 13.3 Å². The number of nitrogens with one attached hydrogen (secondary N) is 2. The molecule has 1 fully saturated rings. The average molecular weight is 372 g/mol. The lowest BCUT2D eigenvalue weighted by molar-refractivity contribution is 0.0376. The number of morpholine rings is 1. The number of rotatable bonds is 9. The van der Waals surface area contributed by atoms with Gasteiger partial charge in [0.2, 0.25) is 0 Å². The number of hydrogen-bond donors (Lipinski definition) is 3. The number of amides is 1. The largest absolute Gasteiger partial charge is 0.444 e. The van der Waals surface area contributed by atoms with E-state index in [0.717, 1.165) is 58.7 Å². The molecule has 1 atom stereocenters. The maximum Gasteiger partial charge on any atom is 0.407 e. The van der Waals surface area contributed by atoms with Crippen LogP contribution >= 0.6 is 0 Å². The Balaban J connectivity index is 2.27. The van der Waals surface area contributed by atoms with E-state index in [1.807, 2.05) is 20.8 Å². The molecule has 0 spiro atoms. The summed E-state index contributed by atoms with van der Waals surface area (Å²) >= 11 is 0. The van der Waals surface area contributed by atoms with E-state index in [0.29, 0.717) is 12.5 Å². The molecule has 0 bridgehead atoms. The van der Waals surface area contributed by atoms with Crippen molar-refractivity contribution in [1.29, 1.82) is 0 Å². The molecular formula is C18H37N5O3. The van der Waals surface area contributed by atoms with Crippen LogP contribution in [0.3, 0.4) is 0 Å². The number of guanidine groups is 1. The van der Waals surface area contributed by atoms with Crippen molar-refractivity contribution >= 4 is 12.1 Å². The van der Waals surface area contributed by atoms with Crippen LogP contribution in [0.5, 0.6) is 0 Å². The Bertz CT molecular complexity index is 431. The van der Waals surface area contributed by atoms with Crippen LogP contribution < -0.4 is 16.4 Å². The monoisotopic (exact) mass is 371 g/mol. The maximum atomic E-state index is 11.9. The lowest BCUT2D eigenvalue weighted by Crippen LogP contribution is -2.42. The second-order valence-electron chi connectivity index (χ2n) is 7.59. The van der Waals surface area contributed by atoms with E-state index in [2.05, 4.69) is 27.4 Å². The molecule has 0 radical (unpaired) electrons. The summed E-state index contributed by atoms with van der Waals surface area (Å²) in [6.45, 7) is 13.5. The molecule has 1 rings (SSSR count). The van der Waals surface area contributed by atoms with E-state index in [1.54, 1.807) is 0 Å². The minimum atomic E-state index is -0.509. The van der Waals surface area contributed by atoms with Crippen LogP contribution in [-0.2, 0) is 9.47 Å². The van der Waals surface area contributed by atoms with E-state index in [4.69, 9.17) is 15.2 Å². The van der Waals surface area contributed by atoms with Crippen LogP contribution in [0.1, 0.15) is 47.0 Å². The Morgan fingerprint density at radius 3 is 2.65 bits per heavy atom. The van der Waals surface area contributed by atoms with Crippen molar-refractivity contribution in [2.45, 2.75) is 58.6 Å². The topological polar surface area (TPSA) is 101 Å². The number of carbonyl (C=O) groups excluding carboxylic acids is 1. The number of carbonyl (C=O) groups is 1. The molecular weight excluding hydrogens is 334 g/mol. The summed E-state index contributed by atoms with van der Waals surface area (Å²) in [6.07, 6.45) is 2.36. The normalized spacial score (nSPS) is 17.6. The van der Waals surface area contributed by atoms with Crippen molar-refractivity contribution in [2.75, 3.05) is 45.9 Å². The third-order valence-corrected chi connectivity index (χ3v) is 3.90. The van der Waals surface area contributed by atoms with E-state index in [9.17, 15) is 4.79 Å². The van der Waals surface area contributed by atoms with E-state index in [1.165, 1.54) is 0 Å². The fraction of sp³-hybridized carbons (Fsp3) is 0.889. The van der Waals surface area contributed by atoms with Crippen LogP contribution in [-0.4, -0.2) is 74.5 Å². The van der Waals surface area contributed by atoms with Gasteiger partial charge in [0.15, 0.2) is 5.96 Å². The predicted octanol–water partition coefficient (Wildman–Crippen LogP) is 1.31. The molecule has 0 aliphatic carbocycles. The molecule has 1 amide bonds. The van der Waals surface area contributed by atoms with Crippen molar-refractivity contribution in [2.24, 2.45) is 10.7 Å². The highest BCUT2D eigenvalue weighted by Gasteiger charge is 2.19. The Hall–Kier alpha value is -1.54. The third kappa shape index (κ3) is 11.1. The van der Waals surface area contributed by atoms with Gasteiger partial charge in [-0.2, -0.15) is 0 Å². The fourth-order valence-corrected chi connectivity index (χ4v) is 2.64. The number of ether oxygens (including phenoxy) is 2. The summed E-state index contributed by atoms with van der Waals surface area (Å²) in [7, 11) is 0. The molecule has 0 aromatic carbocycles. The molecule has 1 heterocycles. The highest BCUT2D eigenvalue weighted by atomic mass is 16.6. The summed E-state index contributed by atoms with van der Waals surface area (Å²) in [6, 6.07) is -0.0800. The van der Waals surface area contributed by atoms with Crippen molar-refractivity contribution in [3.05, 3.63) is 0 Å². The standard InChI is InChI=1S/C18H37N5O3/c1-5-7-15(22-17(24)26-18(2,3)4)14-21-16(19)20-8-6-9-23-10-12-25-13-11-23/h15H,5-14H2,1-4H3,(H,22,24)(H3,19,20,21). The first-order valence-corrected chi connectivity index (χ1v) is 9.63. The zero-order valence-electron chi connectivity index (χ0n) is 16.8. The van der Waals surface area contributed by atoms with Crippen LogP contribution in [0.15, 0.2) is 4.99 Å². The summed E-state index contributed by atoms with van der Waals surface area (Å²) < 4.78 is 10.6. The highest BCUT2D eigenvalue weighted by Crippen LogP contribution is 2.07. The van der Waals surface area contributed by atoms with Gasteiger partial charge in [0.25, 0.3) is 0 Å². The Labute approximate surface area is 157 Å². The number of nitrogens with two attached hydrogens (primary N) is 1. The molecule has 1 saturated heterocycles. The summed E-state index contributed by atoms with van der Waals surface area (Å²) in [5.41, 5.74) is 5.42. The quantitative estimate of drug-likeness (QED) is 0.321. The SMILES string of the molecule is CCCC(CN=C(N)NCCCN1CCOCC1)NC(=O)OC(C)(C)C. The first-order valence-electron chi connectivity index (χ1n) is 9.63. The first kappa shape index (κ1) is 22.5. The minimum absolute atomic E-state index is 0.0800. The lowest BCUT2D eigenvalue weighted by Gasteiger charge is -2.26. The molecule has 8 heteroatoms. The smallest absolute Gasteiger partial charge is 0.407 e. The average Bonchev–Trinajstić information content (AvgIpc) is 2.56. The van der Waals surface area contributed by atoms with Crippen molar-refractivity contribution < 1.29 is 14.3 Å². The van der Waals surface area contributed by atoms with Gasteiger partial charge in [0, 0.05) is 19.6 Å². The van der Waals surface area contributed by atoms with Gasteiger partial charge in [-0.15, -0.1) is 0 Å². The van der Waals surface area contributed by atoms with Gasteiger partial charge in [0.1, 0.15) is 5.60 Å². The zero-order valence-corrected chi connectivity index (χ0v) is 16.8. The number of hydrogen-bond acceptors (Lipinski definition) is 5. The van der Waals surface area contributed by atoms with Crippen LogP contribution in [0.2, 0.25) is 0 Å². The summed E-state index contributed by atoms with van der Waals surface area (Å²) in [5, 5.41) is 6.01. The van der Waals surface area contributed by atoms with Crippen molar-refractivity contribution in [1.82, 2.24) is 15.5 Å². The summed E-state index contributed by atoms with van der Waals surface area (Å²) in [5.74, 6) is 0.416. The molecule has 1 unspecified atom stereocenters. The molecule has 4 N–H and O–H groups in total.